The number of hydrogen-bond donors (Lipinski definition) is 1. The Kier molecular flexibility index (Phi) is 2.82. The van der Waals surface area contributed by atoms with E-state index in [0.29, 0.717) is 17.0 Å². The Morgan fingerprint density at radius 3 is 2.76 bits per heavy atom. The van der Waals surface area contributed by atoms with Crippen LogP contribution in [-0.4, -0.2) is 37.7 Å². The molecule has 0 saturated carbocycles. The van der Waals surface area contributed by atoms with Crippen molar-refractivity contribution in [3.05, 3.63) is 6.33 Å². The number of hydrogen-bond acceptors (Lipinski definition) is 5. The highest BCUT2D eigenvalue weighted by atomic mass is 19.4. The highest BCUT2D eigenvalue weighted by molar-refractivity contribution is 5.81. The van der Waals surface area contributed by atoms with Gasteiger partial charge in [-0.1, -0.05) is 5.21 Å². The van der Waals surface area contributed by atoms with Crippen LogP contribution < -0.4 is 5.32 Å². The zero-order valence-electron chi connectivity index (χ0n) is 8.86. The van der Waals surface area contributed by atoms with Gasteiger partial charge >= 0.3 is 6.18 Å². The maximum Gasteiger partial charge on any atom is 0.408 e. The second-order valence-corrected chi connectivity index (χ2v) is 3.29. The fourth-order valence-electron chi connectivity index (χ4n) is 1.36. The molecule has 0 bridgehead atoms. The van der Waals surface area contributed by atoms with E-state index in [0.717, 1.165) is 0 Å². The smallest absolute Gasteiger partial charge is 0.368 e. The summed E-state index contributed by atoms with van der Waals surface area (Å²) in [6.07, 6.45) is -3.18. The molecule has 2 rings (SSSR count). The number of rotatable bonds is 3. The molecule has 0 saturated heterocycles. The average molecular weight is 246 g/mol. The number of alkyl halides is 3. The quantitative estimate of drug-likeness (QED) is 0.881. The number of fused-ring (bicyclic) bond motifs is 1. The van der Waals surface area contributed by atoms with Gasteiger partial charge in [-0.05, 0) is 6.92 Å². The molecule has 0 atom stereocenters. The van der Waals surface area contributed by atoms with Crippen molar-refractivity contribution < 1.29 is 13.2 Å². The molecule has 0 aromatic carbocycles. The van der Waals surface area contributed by atoms with E-state index < -0.39 is 12.7 Å². The number of anilines is 1. The molecular formula is C8H9F3N6. The Morgan fingerprint density at radius 1 is 1.35 bits per heavy atom. The van der Waals surface area contributed by atoms with E-state index in [1.165, 1.54) is 6.33 Å². The SMILES string of the molecule is CCNc1ncnc2c1nnn2CC(F)(F)F. The standard InChI is InChI=1S/C8H9F3N6/c1-2-12-6-5-7(14-4-13-6)17(16-15-5)3-8(9,10)11/h4H,2-3H2,1H3,(H,12,13,14). The van der Waals surface area contributed by atoms with E-state index in [2.05, 4.69) is 25.6 Å². The van der Waals surface area contributed by atoms with E-state index in [1.54, 1.807) is 0 Å². The summed E-state index contributed by atoms with van der Waals surface area (Å²) >= 11 is 0. The molecule has 17 heavy (non-hydrogen) atoms. The Hall–Kier alpha value is -1.93. The van der Waals surface area contributed by atoms with Gasteiger partial charge in [0.2, 0.25) is 0 Å². The Bertz CT molecular complexity index is 519. The second-order valence-electron chi connectivity index (χ2n) is 3.29. The van der Waals surface area contributed by atoms with Gasteiger partial charge in [0.05, 0.1) is 0 Å². The van der Waals surface area contributed by atoms with Gasteiger partial charge in [0.1, 0.15) is 12.9 Å². The van der Waals surface area contributed by atoms with Crippen LogP contribution in [0.3, 0.4) is 0 Å². The summed E-state index contributed by atoms with van der Waals surface area (Å²) in [7, 11) is 0. The predicted molar refractivity (Wildman–Crippen MR) is 53.3 cm³/mol. The Balaban J connectivity index is 2.44. The van der Waals surface area contributed by atoms with E-state index >= 15 is 0 Å². The molecule has 0 unspecified atom stereocenters. The first-order valence-electron chi connectivity index (χ1n) is 4.86. The average Bonchev–Trinajstić information content (AvgIpc) is 2.61. The van der Waals surface area contributed by atoms with Crippen molar-refractivity contribution in [3.8, 4) is 0 Å². The van der Waals surface area contributed by atoms with Crippen molar-refractivity contribution >= 4 is 17.0 Å². The van der Waals surface area contributed by atoms with Crippen LogP contribution in [0.15, 0.2) is 6.33 Å². The third kappa shape index (κ3) is 2.43. The van der Waals surface area contributed by atoms with Crippen LogP contribution in [0.2, 0.25) is 0 Å². The van der Waals surface area contributed by atoms with Crippen LogP contribution in [0.1, 0.15) is 6.92 Å². The molecule has 0 aliphatic heterocycles. The largest absolute Gasteiger partial charge is 0.408 e. The Labute approximate surface area is 93.9 Å². The summed E-state index contributed by atoms with van der Waals surface area (Å²) in [6.45, 7) is 1.21. The normalized spacial score (nSPS) is 12.0. The van der Waals surface area contributed by atoms with Gasteiger partial charge in [-0.3, -0.25) is 0 Å². The lowest BCUT2D eigenvalue weighted by atomic mass is 10.4. The second kappa shape index (κ2) is 4.15. The van der Waals surface area contributed by atoms with Gasteiger partial charge < -0.3 is 5.32 Å². The lowest BCUT2D eigenvalue weighted by Crippen LogP contribution is -2.19. The number of halogens is 3. The number of nitrogens with one attached hydrogen (secondary N) is 1. The highest BCUT2D eigenvalue weighted by Gasteiger charge is 2.30. The molecule has 2 aromatic rings. The van der Waals surface area contributed by atoms with Gasteiger partial charge in [-0.2, -0.15) is 13.2 Å². The maximum absolute atomic E-state index is 12.2. The number of nitrogens with zero attached hydrogens (tertiary/aromatic N) is 5. The van der Waals surface area contributed by atoms with Crippen LogP contribution in [-0.2, 0) is 6.54 Å². The van der Waals surface area contributed by atoms with Crippen molar-refractivity contribution in [2.75, 3.05) is 11.9 Å². The molecule has 1 N–H and O–H groups in total. The van der Waals surface area contributed by atoms with Crippen LogP contribution in [0, 0.1) is 0 Å². The van der Waals surface area contributed by atoms with Crippen LogP contribution in [0.4, 0.5) is 19.0 Å². The van der Waals surface area contributed by atoms with E-state index in [9.17, 15) is 13.2 Å². The summed E-state index contributed by atoms with van der Waals surface area (Å²) in [5.74, 6) is 0.380. The fourth-order valence-corrected chi connectivity index (χ4v) is 1.36. The topological polar surface area (TPSA) is 68.5 Å². The number of aromatic nitrogens is 5. The lowest BCUT2D eigenvalue weighted by molar-refractivity contribution is -0.142. The first kappa shape index (κ1) is 11.6. The van der Waals surface area contributed by atoms with Crippen molar-refractivity contribution in [2.24, 2.45) is 0 Å². The first-order valence-corrected chi connectivity index (χ1v) is 4.86. The van der Waals surface area contributed by atoms with Crippen molar-refractivity contribution in [2.45, 2.75) is 19.6 Å². The van der Waals surface area contributed by atoms with Crippen molar-refractivity contribution in [1.29, 1.82) is 0 Å². The minimum absolute atomic E-state index is 0.0632. The molecule has 0 amide bonds. The van der Waals surface area contributed by atoms with E-state index in [4.69, 9.17) is 0 Å². The van der Waals surface area contributed by atoms with Crippen LogP contribution >= 0.6 is 0 Å². The minimum atomic E-state index is -4.36. The molecular weight excluding hydrogens is 237 g/mol. The summed E-state index contributed by atoms with van der Waals surface area (Å²) in [5.41, 5.74) is 0.298. The summed E-state index contributed by atoms with van der Waals surface area (Å²) in [4.78, 5) is 7.64. The van der Waals surface area contributed by atoms with Gasteiger partial charge in [0.15, 0.2) is 17.0 Å². The monoisotopic (exact) mass is 246 g/mol. The summed E-state index contributed by atoms with van der Waals surface area (Å²) in [6, 6.07) is 0. The third-order valence-electron chi connectivity index (χ3n) is 1.97. The van der Waals surface area contributed by atoms with E-state index in [-0.39, 0.29) is 11.2 Å². The molecule has 6 nitrogen and oxygen atoms in total. The molecule has 92 valence electrons. The van der Waals surface area contributed by atoms with Gasteiger partial charge in [-0.25, -0.2) is 14.6 Å². The van der Waals surface area contributed by atoms with Gasteiger partial charge in [-0.15, -0.1) is 5.10 Å². The van der Waals surface area contributed by atoms with Crippen LogP contribution in [0.25, 0.3) is 11.2 Å². The maximum atomic E-state index is 12.2. The minimum Gasteiger partial charge on any atom is -0.368 e. The van der Waals surface area contributed by atoms with Crippen molar-refractivity contribution in [3.63, 3.8) is 0 Å². The predicted octanol–water partition coefficient (Wildman–Crippen LogP) is 1.22. The molecule has 0 aliphatic carbocycles. The zero-order valence-corrected chi connectivity index (χ0v) is 8.86. The Morgan fingerprint density at radius 2 is 2.12 bits per heavy atom. The zero-order chi connectivity index (χ0) is 12.5. The molecule has 2 heterocycles. The van der Waals surface area contributed by atoms with Gasteiger partial charge in [0, 0.05) is 6.54 Å². The summed E-state index contributed by atoms with van der Waals surface area (Å²) in [5, 5.41) is 9.95. The highest BCUT2D eigenvalue weighted by Crippen LogP contribution is 2.21. The molecule has 0 spiro atoms. The molecule has 0 fully saturated rings. The molecule has 0 aliphatic rings. The summed E-state index contributed by atoms with van der Waals surface area (Å²) < 4.78 is 37.4. The molecule has 9 heteroatoms. The third-order valence-corrected chi connectivity index (χ3v) is 1.97. The molecule has 0 radical (unpaired) electrons. The first-order chi connectivity index (χ1) is 8.01. The van der Waals surface area contributed by atoms with Gasteiger partial charge in [0.25, 0.3) is 0 Å². The van der Waals surface area contributed by atoms with E-state index in [1.807, 2.05) is 6.92 Å². The molecule has 2 aromatic heterocycles. The lowest BCUT2D eigenvalue weighted by Gasteiger charge is -2.06. The van der Waals surface area contributed by atoms with Crippen molar-refractivity contribution in [1.82, 2.24) is 25.0 Å². The van der Waals surface area contributed by atoms with Crippen LogP contribution in [0.5, 0.6) is 0 Å². The fraction of sp³-hybridized carbons (Fsp3) is 0.500.